The van der Waals surface area contributed by atoms with E-state index < -0.39 is 5.97 Å². The number of thioether (sulfide) groups is 1. The predicted molar refractivity (Wildman–Crippen MR) is 61.1 cm³/mol. The van der Waals surface area contributed by atoms with E-state index in [-0.39, 0.29) is 11.4 Å². The number of carboxylic acid groups (broad SMARTS) is 1. The molecular weight excluding hydrogens is 242 g/mol. The summed E-state index contributed by atoms with van der Waals surface area (Å²) in [5.74, 6) is 0.0997. The summed E-state index contributed by atoms with van der Waals surface area (Å²) in [5, 5.41) is 21.2. The van der Waals surface area contributed by atoms with Crippen molar-refractivity contribution in [1.29, 1.82) is 0 Å². The van der Waals surface area contributed by atoms with Crippen LogP contribution in [-0.4, -0.2) is 21.3 Å². The number of rotatable bonds is 4. The second kappa shape index (κ2) is 4.92. The maximum atomic E-state index is 10.6. The van der Waals surface area contributed by atoms with Crippen molar-refractivity contribution >= 4 is 17.7 Å². The molecule has 1 heterocycles. The van der Waals surface area contributed by atoms with Crippen LogP contribution in [0.2, 0.25) is 0 Å². The van der Waals surface area contributed by atoms with Gasteiger partial charge < -0.3 is 14.7 Å². The number of benzene rings is 1. The molecule has 0 spiro atoms. The van der Waals surface area contributed by atoms with Crippen LogP contribution in [0.5, 0.6) is 5.75 Å². The number of phenols is 1. The second-order valence-electron chi connectivity index (χ2n) is 3.27. The fourth-order valence-electron chi connectivity index (χ4n) is 1.18. The average Bonchev–Trinajstić information content (AvgIpc) is 2.77. The van der Waals surface area contributed by atoms with Crippen LogP contribution in [0.3, 0.4) is 0 Å². The van der Waals surface area contributed by atoms with E-state index in [1.54, 1.807) is 24.3 Å². The molecule has 0 unspecified atom stereocenters. The molecule has 0 amide bonds. The quantitative estimate of drug-likeness (QED) is 0.811. The van der Waals surface area contributed by atoms with Crippen LogP contribution in [0.15, 0.2) is 39.8 Å². The van der Waals surface area contributed by atoms with E-state index in [4.69, 9.17) is 14.7 Å². The SMILES string of the molecule is O=C(O)c1cc(CSc2ccc(O)cc2)on1. The summed E-state index contributed by atoms with van der Waals surface area (Å²) in [6.07, 6.45) is 0. The smallest absolute Gasteiger partial charge is 0.358 e. The van der Waals surface area contributed by atoms with Gasteiger partial charge in [-0.3, -0.25) is 0 Å². The minimum atomic E-state index is -1.10. The lowest BCUT2D eigenvalue weighted by Crippen LogP contribution is -1.94. The zero-order chi connectivity index (χ0) is 12.3. The van der Waals surface area contributed by atoms with Crippen molar-refractivity contribution in [3.8, 4) is 5.75 Å². The highest BCUT2D eigenvalue weighted by Gasteiger charge is 2.10. The molecule has 0 bridgehead atoms. The van der Waals surface area contributed by atoms with Gasteiger partial charge in [-0.15, -0.1) is 11.8 Å². The Kier molecular flexibility index (Phi) is 3.34. The highest BCUT2D eigenvalue weighted by molar-refractivity contribution is 7.98. The van der Waals surface area contributed by atoms with Gasteiger partial charge in [0.2, 0.25) is 0 Å². The molecule has 6 heteroatoms. The number of carboxylic acids is 1. The normalized spacial score (nSPS) is 10.4. The number of aromatic hydroxyl groups is 1. The zero-order valence-corrected chi connectivity index (χ0v) is 9.48. The maximum Gasteiger partial charge on any atom is 0.358 e. The topological polar surface area (TPSA) is 83.6 Å². The third-order valence-electron chi connectivity index (χ3n) is 2.00. The van der Waals surface area contributed by atoms with Crippen molar-refractivity contribution in [1.82, 2.24) is 5.16 Å². The fourth-order valence-corrected chi connectivity index (χ4v) is 1.95. The van der Waals surface area contributed by atoms with E-state index in [1.165, 1.54) is 17.8 Å². The van der Waals surface area contributed by atoms with E-state index >= 15 is 0 Å². The second-order valence-corrected chi connectivity index (χ2v) is 4.31. The number of aromatic nitrogens is 1. The number of carbonyl (C=O) groups is 1. The van der Waals surface area contributed by atoms with Crippen LogP contribution < -0.4 is 0 Å². The van der Waals surface area contributed by atoms with E-state index in [9.17, 15) is 4.79 Å². The molecule has 88 valence electrons. The van der Waals surface area contributed by atoms with Crippen molar-refractivity contribution < 1.29 is 19.5 Å². The Morgan fingerprint density at radius 3 is 2.65 bits per heavy atom. The summed E-state index contributed by atoms with van der Waals surface area (Å²) in [7, 11) is 0. The molecule has 0 aliphatic heterocycles. The van der Waals surface area contributed by atoms with Gasteiger partial charge in [-0.25, -0.2) is 4.79 Å². The number of nitrogens with zero attached hydrogens (tertiary/aromatic N) is 1. The molecule has 0 saturated heterocycles. The molecular formula is C11H9NO4S. The molecule has 0 aliphatic rings. The first kappa shape index (κ1) is 11.5. The third kappa shape index (κ3) is 3.01. The summed E-state index contributed by atoms with van der Waals surface area (Å²) in [5.41, 5.74) is -0.0914. The summed E-state index contributed by atoms with van der Waals surface area (Å²) in [4.78, 5) is 11.5. The third-order valence-corrected chi connectivity index (χ3v) is 3.03. The molecule has 0 radical (unpaired) electrons. The Hall–Kier alpha value is -1.95. The van der Waals surface area contributed by atoms with Gasteiger partial charge in [-0.05, 0) is 24.3 Å². The van der Waals surface area contributed by atoms with Crippen molar-refractivity contribution in [2.75, 3.05) is 0 Å². The zero-order valence-electron chi connectivity index (χ0n) is 8.66. The van der Waals surface area contributed by atoms with E-state index in [1.807, 2.05) is 0 Å². The lowest BCUT2D eigenvalue weighted by atomic mass is 10.3. The van der Waals surface area contributed by atoms with Crippen LogP contribution in [0, 0.1) is 0 Å². The van der Waals surface area contributed by atoms with Crippen LogP contribution in [0.25, 0.3) is 0 Å². The van der Waals surface area contributed by atoms with Gasteiger partial charge >= 0.3 is 5.97 Å². The van der Waals surface area contributed by atoms with Gasteiger partial charge in [0.05, 0.1) is 5.75 Å². The Morgan fingerprint density at radius 2 is 2.06 bits per heavy atom. The maximum absolute atomic E-state index is 10.6. The fraction of sp³-hybridized carbons (Fsp3) is 0.0909. The van der Waals surface area contributed by atoms with Crippen molar-refractivity contribution in [3.05, 3.63) is 41.8 Å². The summed E-state index contributed by atoms with van der Waals surface area (Å²) < 4.78 is 4.87. The minimum Gasteiger partial charge on any atom is -0.508 e. The average molecular weight is 251 g/mol. The van der Waals surface area contributed by atoms with E-state index in [2.05, 4.69) is 5.16 Å². The molecule has 0 saturated carbocycles. The molecule has 2 rings (SSSR count). The van der Waals surface area contributed by atoms with Gasteiger partial charge in [0, 0.05) is 11.0 Å². The Labute approximate surface area is 101 Å². The van der Waals surface area contributed by atoms with Gasteiger partial charge in [-0.2, -0.15) is 0 Å². The number of phenolic OH excluding ortho intramolecular Hbond substituents is 1. The van der Waals surface area contributed by atoms with Gasteiger partial charge in [0.25, 0.3) is 0 Å². The Morgan fingerprint density at radius 1 is 1.35 bits per heavy atom. The molecule has 2 N–H and O–H groups in total. The van der Waals surface area contributed by atoms with Crippen LogP contribution in [-0.2, 0) is 5.75 Å². The van der Waals surface area contributed by atoms with E-state index in [0.29, 0.717) is 11.5 Å². The Bertz CT molecular complexity index is 521. The monoisotopic (exact) mass is 251 g/mol. The van der Waals surface area contributed by atoms with Crippen LogP contribution in [0.4, 0.5) is 0 Å². The number of aromatic carboxylic acids is 1. The first-order chi connectivity index (χ1) is 8.15. The van der Waals surface area contributed by atoms with Crippen molar-refractivity contribution in [3.63, 3.8) is 0 Å². The van der Waals surface area contributed by atoms with Crippen molar-refractivity contribution in [2.45, 2.75) is 10.6 Å². The highest BCUT2D eigenvalue weighted by Crippen LogP contribution is 2.24. The molecule has 2 aromatic rings. The van der Waals surface area contributed by atoms with Gasteiger partial charge in [0.15, 0.2) is 5.69 Å². The molecule has 1 aromatic heterocycles. The summed E-state index contributed by atoms with van der Waals surface area (Å²) in [6.45, 7) is 0. The largest absolute Gasteiger partial charge is 0.508 e. The molecule has 0 fully saturated rings. The molecule has 0 aliphatic carbocycles. The molecule has 0 atom stereocenters. The van der Waals surface area contributed by atoms with Gasteiger partial charge in [0.1, 0.15) is 11.5 Å². The lowest BCUT2D eigenvalue weighted by Gasteiger charge is -1.98. The first-order valence-electron chi connectivity index (χ1n) is 4.76. The molecule has 17 heavy (non-hydrogen) atoms. The predicted octanol–water partition coefficient (Wildman–Crippen LogP) is 2.37. The summed E-state index contributed by atoms with van der Waals surface area (Å²) in [6, 6.07) is 8.12. The number of hydrogen-bond acceptors (Lipinski definition) is 5. The minimum absolute atomic E-state index is 0.0914. The first-order valence-corrected chi connectivity index (χ1v) is 5.74. The lowest BCUT2D eigenvalue weighted by molar-refractivity contribution is 0.0685. The Balaban J connectivity index is 1.97. The van der Waals surface area contributed by atoms with Gasteiger partial charge in [-0.1, -0.05) is 5.16 Å². The molecule has 1 aromatic carbocycles. The van der Waals surface area contributed by atoms with Crippen LogP contribution in [0.1, 0.15) is 16.2 Å². The summed E-state index contributed by atoms with van der Waals surface area (Å²) >= 11 is 1.47. The van der Waals surface area contributed by atoms with E-state index in [0.717, 1.165) is 4.90 Å². The van der Waals surface area contributed by atoms with Crippen molar-refractivity contribution in [2.24, 2.45) is 0 Å². The number of hydrogen-bond donors (Lipinski definition) is 2. The van der Waals surface area contributed by atoms with Crippen LogP contribution >= 0.6 is 11.8 Å². The molecule has 5 nitrogen and oxygen atoms in total. The highest BCUT2D eigenvalue weighted by atomic mass is 32.2. The standard InChI is InChI=1S/C11H9NO4S/c13-7-1-3-9(4-2-7)17-6-8-5-10(11(14)15)12-16-8/h1-5,13H,6H2,(H,14,15).